The van der Waals surface area contributed by atoms with E-state index in [0.29, 0.717) is 17.9 Å². The number of ether oxygens (including phenoxy) is 1. The molecule has 1 saturated heterocycles. The van der Waals surface area contributed by atoms with Gasteiger partial charge in [-0.05, 0) is 74.4 Å². The van der Waals surface area contributed by atoms with E-state index < -0.39 is 52.8 Å². The quantitative estimate of drug-likeness (QED) is 0.0583. The molecule has 1 aliphatic carbocycles. The number of esters is 1. The predicted octanol–water partition coefficient (Wildman–Crippen LogP) is 5.70. The highest BCUT2D eigenvalue weighted by Gasteiger charge is 2.51. The largest absolute Gasteiger partial charge is 0.423 e. The molecule has 3 aromatic rings. The van der Waals surface area contributed by atoms with Crippen LogP contribution in [0.5, 0.6) is 5.75 Å². The van der Waals surface area contributed by atoms with E-state index in [1.54, 1.807) is 0 Å². The number of nitrogens with zero attached hydrogens (tertiary/aromatic N) is 3. The third-order valence-electron chi connectivity index (χ3n) is 7.43. The first-order chi connectivity index (χ1) is 20.9. The van der Waals surface area contributed by atoms with Gasteiger partial charge in [0.2, 0.25) is 0 Å². The fraction of sp³-hybridized carbons (Fsp3) is 0.194. The smallest absolute Gasteiger partial charge is 0.345 e. The van der Waals surface area contributed by atoms with Gasteiger partial charge in [0, 0.05) is 28.3 Å². The summed E-state index contributed by atoms with van der Waals surface area (Å²) in [5.41, 5.74) is 0.811. The zero-order valence-corrected chi connectivity index (χ0v) is 24.6. The van der Waals surface area contributed by atoms with Crippen LogP contribution in [0, 0.1) is 22.0 Å². The first kappa shape index (κ1) is 30.6. The maximum atomic E-state index is 13.7. The van der Waals surface area contributed by atoms with Gasteiger partial charge < -0.3 is 4.74 Å². The Bertz CT molecular complexity index is 1740. The van der Waals surface area contributed by atoms with Gasteiger partial charge in [0.25, 0.3) is 23.4 Å². The number of nitro groups is 1. The van der Waals surface area contributed by atoms with Crippen molar-refractivity contribution in [3.63, 3.8) is 0 Å². The van der Waals surface area contributed by atoms with E-state index in [-0.39, 0.29) is 33.1 Å². The van der Waals surface area contributed by atoms with Crippen molar-refractivity contribution < 1.29 is 33.6 Å². The van der Waals surface area contributed by atoms with E-state index in [9.17, 15) is 34.1 Å². The van der Waals surface area contributed by atoms with Gasteiger partial charge in [0.05, 0.1) is 27.3 Å². The van der Waals surface area contributed by atoms with Gasteiger partial charge >= 0.3 is 5.97 Å². The highest BCUT2D eigenvalue weighted by Crippen LogP contribution is 2.38. The highest BCUT2D eigenvalue weighted by molar-refractivity contribution is 6.36. The van der Waals surface area contributed by atoms with Crippen LogP contribution in [0.3, 0.4) is 0 Å². The lowest BCUT2D eigenvalue weighted by Gasteiger charge is -2.30. The predicted molar refractivity (Wildman–Crippen MR) is 158 cm³/mol. The van der Waals surface area contributed by atoms with Crippen LogP contribution in [-0.2, 0) is 9.59 Å². The molecule has 3 amide bonds. The summed E-state index contributed by atoms with van der Waals surface area (Å²) in [4.78, 5) is 77.0. The van der Waals surface area contributed by atoms with E-state index in [4.69, 9.17) is 27.9 Å². The van der Waals surface area contributed by atoms with Crippen LogP contribution >= 0.6 is 23.2 Å². The van der Waals surface area contributed by atoms with Crippen molar-refractivity contribution in [3.05, 3.63) is 115 Å². The van der Waals surface area contributed by atoms with Crippen molar-refractivity contribution >= 4 is 58.4 Å². The second-order valence-electron chi connectivity index (χ2n) is 10.3. The number of fused-ring (bicyclic) bond motifs is 1. The minimum atomic E-state index is -0.858. The molecule has 2 aliphatic rings. The lowest BCUT2D eigenvalue weighted by atomic mass is 9.82. The molecule has 0 spiro atoms. The molecule has 2 atom stereocenters. The Hall–Kier alpha value is -4.87. The van der Waals surface area contributed by atoms with Gasteiger partial charge in [-0.3, -0.25) is 29.3 Å². The molecule has 0 aromatic heterocycles. The van der Waals surface area contributed by atoms with Gasteiger partial charge in [0.1, 0.15) is 12.3 Å². The maximum absolute atomic E-state index is 13.7. The van der Waals surface area contributed by atoms with Crippen LogP contribution in [0.25, 0.3) is 0 Å². The molecule has 3 aromatic carbocycles. The number of allylic oxidation sites excluding steroid dienone is 2. The van der Waals surface area contributed by atoms with Crippen LogP contribution < -0.4 is 4.74 Å². The van der Waals surface area contributed by atoms with Crippen LogP contribution in [0.4, 0.5) is 5.69 Å². The third kappa shape index (κ3) is 6.10. The van der Waals surface area contributed by atoms with Crippen molar-refractivity contribution in [2.45, 2.75) is 19.8 Å². The molecule has 224 valence electrons. The molecule has 0 saturated carbocycles. The molecule has 0 radical (unpaired) electrons. The van der Waals surface area contributed by atoms with Gasteiger partial charge in [0.15, 0.2) is 5.78 Å². The molecule has 11 nitrogen and oxygen atoms in total. The number of hydrazine groups is 1. The number of benzene rings is 3. The molecule has 44 heavy (non-hydrogen) atoms. The van der Waals surface area contributed by atoms with E-state index in [0.717, 1.165) is 27.7 Å². The number of carbonyl (C=O) groups excluding carboxylic acids is 5. The normalized spacial score (nSPS) is 17.5. The number of imide groups is 1. The molecule has 13 heteroatoms. The standard InChI is InChI=1S/C31H23Cl2N3O8/c1-17-2-12-23-25(14-17)30(40)35(29(23)39)34(28(38)19-3-8-21(9-4-19)36(42)43)16-27(37)18-5-10-22(11-6-18)44-31(41)24-13-7-20(32)15-26(24)33/h2-11,13,15,23,25H,12,14,16H2,1H3/t23-,25+/m1/s1. The Labute approximate surface area is 260 Å². The molecular weight excluding hydrogens is 613 g/mol. The number of amides is 3. The lowest BCUT2D eigenvalue weighted by molar-refractivity contribution is -0.384. The van der Waals surface area contributed by atoms with E-state index in [2.05, 4.69) is 0 Å². The van der Waals surface area contributed by atoms with Crippen molar-refractivity contribution in [2.24, 2.45) is 11.8 Å². The number of carbonyl (C=O) groups is 5. The Morgan fingerprint density at radius 1 is 0.955 bits per heavy atom. The van der Waals surface area contributed by atoms with Gasteiger partial charge in [-0.15, -0.1) is 0 Å². The fourth-order valence-corrected chi connectivity index (χ4v) is 5.60. The molecule has 1 fully saturated rings. The molecule has 1 heterocycles. The zero-order chi connectivity index (χ0) is 31.7. The van der Waals surface area contributed by atoms with Crippen LogP contribution in [0.1, 0.15) is 50.8 Å². The Balaban J connectivity index is 1.38. The minimum Gasteiger partial charge on any atom is -0.423 e. The highest BCUT2D eigenvalue weighted by atomic mass is 35.5. The number of non-ortho nitro benzene ring substituents is 1. The van der Waals surface area contributed by atoms with E-state index in [1.807, 2.05) is 13.0 Å². The summed E-state index contributed by atoms with van der Waals surface area (Å²) < 4.78 is 5.34. The van der Waals surface area contributed by atoms with Gasteiger partial charge in [-0.1, -0.05) is 34.9 Å². The summed E-state index contributed by atoms with van der Waals surface area (Å²) in [7, 11) is 0. The van der Waals surface area contributed by atoms with Crippen LogP contribution in [0.2, 0.25) is 10.0 Å². The second kappa shape index (κ2) is 12.4. The summed E-state index contributed by atoms with van der Waals surface area (Å²) in [6.45, 7) is 1.17. The van der Waals surface area contributed by atoms with Crippen molar-refractivity contribution in [2.75, 3.05) is 6.54 Å². The Morgan fingerprint density at radius 2 is 1.59 bits per heavy atom. The maximum Gasteiger partial charge on any atom is 0.345 e. The number of Topliss-reactive ketones (excluding diaryl/α,β-unsaturated/α-hetero) is 1. The Kier molecular flexibility index (Phi) is 8.61. The molecular formula is C31H23Cl2N3O8. The molecule has 0 bridgehead atoms. The SMILES string of the molecule is CC1=CC[C@H]2C(=O)N(N(CC(=O)c3ccc(OC(=O)c4ccc(Cl)cc4Cl)cc3)C(=O)c3ccc([N+](=O)[O-])cc3)C(=O)[C@H]2C1. The average Bonchev–Trinajstić information content (AvgIpc) is 3.24. The van der Waals surface area contributed by atoms with Crippen molar-refractivity contribution in [1.29, 1.82) is 0 Å². The monoisotopic (exact) mass is 635 g/mol. The van der Waals surface area contributed by atoms with Gasteiger partial charge in [-0.25, -0.2) is 9.80 Å². The van der Waals surface area contributed by atoms with E-state index in [1.165, 1.54) is 54.6 Å². The topological polar surface area (TPSA) is 144 Å². The summed E-state index contributed by atoms with van der Waals surface area (Å²) in [6.07, 6.45) is 2.55. The molecule has 1 aliphatic heterocycles. The number of nitro benzene ring substituents is 1. The Morgan fingerprint density at radius 3 is 2.23 bits per heavy atom. The van der Waals surface area contributed by atoms with Gasteiger partial charge in [-0.2, -0.15) is 5.01 Å². The number of ketones is 1. The fourth-order valence-electron chi connectivity index (χ4n) is 5.12. The first-order valence-corrected chi connectivity index (χ1v) is 14.1. The number of halogens is 2. The first-order valence-electron chi connectivity index (χ1n) is 13.3. The molecule has 0 N–H and O–H groups in total. The van der Waals surface area contributed by atoms with Crippen molar-refractivity contribution in [1.82, 2.24) is 10.0 Å². The summed E-state index contributed by atoms with van der Waals surface area (Å²) in [5.74, 6) is -4.66. The molecule has 5 rings (SSSR count). The second-order valence-corrected chi connectivity index (χ2v) is 11.2. The summed E-state index contributed by atoms with van der Waals surface area (Å²) in [6, 6.07) is 14.4. The minimum absolute atomic E-state index is 0.0590. The average molecular weight is 636 g/mol. The van der Waals surface area contributed by atoms with Crippen molar-refractivity contribution in [3.8, 4) is 5.75 Å². The van der Waals surface area contributed by atoms with Crippen LogP contribution in [0.15, 0.2) is 78.4 Å². The van der Waals surface area contributed by atoms with E-state index >= 15 is 0 Å². The molecule has 0 unspecified atom stereocenters. The third-order valence-corrected chi connectivity index (χ3v) is 7.98. The lowest BCUT2D eigenvalue weighted by Crippen LogP contribution is -2.52. The zero-order valence-electron chi connectivity index (χ0n) is 23.1. The number of hydrogen-bond donors (Lipinski definition) is 0. The summed E-state index contributed by atoms with van der Waals surface area (Å²) in [5, 5.41) is 13.1. The number of rotatable bonds is 8. The number of hydrogen-bond acceptors (Lipinski definition) is 8. The summed E-state index contributed by atoms with van der Waals surface area (Å²) >= 11 is 11.9. The van der Waals surface area contributed by atoms with Crippen LogP contribution in [-0.4, -0.2) is 51.0 Å².